The van der Waals surface area contributed by atoms with Gasteiger partial charge in [0.1, 0.15) is 0 Å². The minimum atomic E-state index is -0.492. The van der Waals surface area contributed by atoms with Crippen LogP contribution in [0.3, 0.4) is 0 Å². The molecule has 3 nitrogen and oxygen atoms in total. The molecule has 0 radical (unpaired) electrons. The Balaban J connectivity index is 2.32. The highest BCUT2D eigenvalue weighted by molar-refractivity contribution is 6.30. The normalized spacial score (nSPS) is 10.7. The summed E-state index contributed by atoms with van der Waals surface area (Å²) < 4.78 is 0. The molecule has 0 spiro atoms. The number of amides is 1. The van der Waals surface area contributed by atoms with Gasteiger partial charge in [0, 0.05) is 11.2 Å². The van der Waals surface area contributed by atoms with Gasteiger partial charge in [-0.05, 0) is 29.8 Å². The lowest BCUT2D eigenvalue weighted by atomic mass is 10.1. The van der Waals surface area contributed by atoms with Crippen molar-refractivity contribution in [3.63, 3.8) is 0 Å². The Labute approximate surface area is 110 Å². The Morgan fingerprint density at radius 1 is 1.17 bits per heavy atom. The summed E-state index contributed by atoms with van der Waals surface area (Å²) in [5.74, 6) is -0.492. The van der Waals surface area contributed by atoms with Crippen molar-refractivity contribution in [3.05, 3.63) is 64.7 Å². The molecule has 0 aliphatic heterocycles. The fourth-order valence-electron chi connectivity index (χ4n) is 1.53. The number of rotatable bonds is 3. The lowest BCUT2D eigenvalue weighted by molar-refractivity contribution is 0.100. The minimum absolute atomic E-state index is 0.399. The average Bonchev–Trinajstić information content (AvgIpc) is 2.37. The SMILES string of the molecule is NC(=O)c1ccccc1N=Cc1cccc(Cl)c1. The lowest BCUT2D eigenvalue weighted by Gasteiger charge is -2.00. The van der Waals surface area contributed by atoms with Crippen molar-refractivity contribution < 1.29 is 4.79 Å². The Hall–Kier alpha value is -2.13. The van der Waals surface area contributed by atoms with Crippen molar-refractivity contribution in [3.8, 4) is 0 Å². The fourth-order valence-corrected chi connectivity index (χ4v) is 1.72. The summed E-state index contributed by atoms with van der Waals surface area (Å²) in [6.07, 6.45) is 1.65. The molecule has 0 fully saturated rings. The van der Waals surface area contributed by atoms with Gasteiger partial charge < -0.3 is 5.73 Å². The molecule has 90 valence electrons. The summed E-state index contributed by atoms with van der Waals surface area (Å²) in [4.78, 5) is 15.5. The van der Waals surface area contributed by atoms with Gasteiger partial charge in [-0.1, -0.05) is 35.9 Å². The number of hydrogen-bond acceptors (Lipinski definition) is 2. The maximum Gasteiger partial charge on any atom is 0.250 e. The van der Waals surface area contributed by atoms with Crippen molar-refractivity contribution in [2.75, 3.05) is 0 Å². The van der Waals surface area contributed by atoms with E-state index in [-0.39, 0.29) is 0 Å². The molecular weight excluding hydrogens is 248 g/mol. The van der Waals surface area contributed by atoms with Crippen molar-refractivity contribution in [2.45, 2.75) is 0 Å². The van der Waals surface area contributed by atoms with Gasteiger partial charge in [-0.25, -0.2) is 0 Å². The van der Waals surface area contributed by atoms with E-state index in [1.54, 1.807) is 42.6 Å². The summed E-state index contributed by atoms with van der Waals surface area (Å²) in [5, 5.41) is 0.641. The molecule has 2 aromatic rings. The van der Waals surface area contributed by atoms with E-state index < -0.39 is 5.91 Å². The molecule has 2 N–H and O–H groups in total. The van der Waals surface area contributed by atoms with E-state index in [2.05, 4.69) is 4.99 Å². The molecule has 0 saturated carbocycles. The number of halogens is 1. The van der Waals surface area contributed by atoms with E-state index in [0.29, 0.717) is 16.3 Å². The first-order valence-electron chi connectivity index (χ1n) is 5.35. The molecule has 0 saturated heterocycles. The van der Waals surface area contributed by atoms with Gasteiger partial charge in [-0.3, -0.25) is 9.79 Å². The molecule has 2 rings (SSSR count). The molecule has 0 aliphatic rings. The quantitative estimate of drug-likeness (QED) is 0.845. The zero-order valence-electron chi connectivity index (χ0n) is 9.51. The summed E-state index contributed by atoms with van der Waals surface area (Å²) in [6.45, 7) is 0. The number of para-hydroxylation sites is 1. The smallest absolute Gasteiger partial charge is 0.250 e. The third-order valence-corrected chi connectivity index (χ3v) is 2.61. The van der Waals surface area contributed by atoms with Gasteiger partial charge in [0.25, 0.3) is 5.91 Å². The van der Waals surface area contributed by atoms with Gasteiger partial charge in [-0.2, -0.15) is 0 Å². The van der Waals surface area contributed by atoms with E-state index in [0.717, 1.165) is 5.56 Å². The largest absolute Gasteiger partial charge is 0.366 e. The highest BCUT2D eigenvalue weighted by atomic mass is 35.5. The first-order valence-corrected chi connectivity index (χ1v) is 5.73. The Morgan fingerprint density at radius 3 is 2.67 bits per heavy atom. The van der Waals surface area contributed by atoms with E-state index in [4.69, 9.17) is 17.3 Å². The second kappa shape index (κ2) is 5.47. The molecule has 0 atom stereocenters. The van der Waals surface area contributed by atoms with Crippen LogP contribution in [0.25, 0.3) is 0 Å². The average molecular weight is 259 g/mol. The summed E-state index contributed by atoms with van der Waals surface area (Å²) in [7, 11) is 0. The van der Waals surface area contributed by atoms with Crippen LogP contribution < -0.4 is 5.73 Å². The third kappa shape index (κ3) is 2.96. The summed E-state index contributed by atoms with van der Waals surface area (Å²) in [6, 6.07) is 14.2. The Kier molecular flexibility index (Phi) is 3.75. The Bertz CT molecular complexity index is 608. The molecule has 2 aromatic carbocycles. The maximum atomic E-state index is 11.2. The van der Waals surface area contributed by atoms with E-state index in [9.17, 15) is 4.79 Å². The van der Waals surface area contributed by atoms with Gasteiger partial charge in [0.15, 0.2) is 0 Å². The van der Waals surface area contributed by atoms with Crippen LogP contribution in [0, 0.1) is 0 Å². The van der Waals surface area contributed by atoms with Gasteiger partial charge in [-0.15, -0.1) is 0 Å². The van der Waals surface area contributed by atoms with Crippen molar-refractivity contribution in [1.82, 2.24) is 0 Å². The summed E-state index contributed by atoms with van der Waals surface area (Å²) in [5.41, 5.74) is 7.08. The first-order chi connectivity index (χ1) is 8.66. The van der Waals surface area contributed by atoms with Crippen LogP contribution in [0.5, 0.6) is 0 Å². The fraction of sp³-hybridized carbons (Fsp3) is 0. The predicted molar refractivity (Wildman–Crippen MR) is 73.7 cm³/mol. The number of primary amides is 1. The van der Waals surface area contributed by atoms with Gasteiger partial charge >= 0.3 is 0 Å². The van der Waals surface area contributed by atoms with Crippen LogP contribution in [0.15, 0.2) is 53.5 Å². The number of hydrogen-bond donors (Lipinski definition) is 1. The monoisotopic (exact) mass is 258 g/mol. The van der Waals surface area contributed by atoms with E-state index in [1.165, 1.54) is 0 Å². The van der Waals surface area contributed by atoms with Crippen molar-refractivity contribution in [2.24, 2.45) is 10.7 Å². The number of aliphatic imine (C=N–C) groups is 1. The van der Waals surface area contributed by atoms with Crippen LogP contribution in [0.4, 0.5) is 5.69 Å². The molecule has 0 bridgehead atoms. The highest BCUT2D eigenvalue weighted by Crippen LogP contribution is 2.18. The van der Waals surface area contributed by atoms with Crippen molar-refractivity contribution in [1.29, 1.82) is 0 Å². The molecule has 0 aliphatic carbocycles. The molecular formula is C14H11ClN2O. The van der Waals surface area contributed by atoms with Gasteiger partial charge in [0.05, 0.1) is 11.3 Å². The van der Waals surface area contributed by atoms with Crippen LogP contribution in [0.2, 0.25) is 5.02 Å². The highest BCUT2D eigenvalue weighted by Gasteiger charge is 2.04. The second-order valence-electron chi connectivity index (χ2n) is 3.69. The topological polar surface area (TPSA) is 55.5 Å². The molecule has 1 amide bonds. The van der Waals surface area contributed by atoms with Crippen LogP contribution in [-0.2, 0) is 0 Å². The van der Waals surface area contributed by atoms with Gasteiger partial charge in [0.2, 0.25) is 0 Å². The summed E-state index contributed by atoms with van der Waals surface area (Å²) >= 11 is 5.87. The maximum absolute atomic E-state index is 11.2. The number of nitrogens with two attached hydrogens (primary N) is 1. The minimum Gasteiger partial charge on any atom is -0.366 e. The number of carbonyl (C=O) groups is 1. The third-order valence-electron chi connectivity index (χ3n) is 2.37. The molecule has 0 aromatic heterocycles. The molecule has 0 heterocycles. The number of nitrogens with zero attached hydrogens (tertiary/aromatic N) is 1. The van der Waals surface area contributed by atoms with E-state index >= 15 is 0 Å². The van der Waals surface area contributed by atoms with Crippen molar-refractivity contribution >= 4 is 29.4 Å². The molecule has 4 heteroatoms. The number of benzene rings is 2. The van der Waals surface area contributed by atoms with Crippen LogP contribution >= 0.6 is 11.6 Å². The molecule has 18 heavy (non-hydrogen) atoms. The molecule has 0 unspecified atom stereocenters. The zero-order valence-corrected chi connectivity index (χ0v) is 10.3. The number of carbonyl (C=O) groups excluding carboxylic acids is 1. The predicted octanol–water partition coefficient (Wildman–Crippen LogP) is 3.19. The lowest BCUT2D eigenvalue weighted by Crippen LogP contribution is -2.10. The van der Waals surface area contributed by atoms with E-state index in [1.807, 2.05) is 12.1 Å². The standard InChI is InChI=1S/C14H11ClN2O/c15-11-5-3-4-10(8-11)9-17-13-7-2-1-6-12(13)14(16)18/h1-9H,(H2,16,18). The van der Waals surface area contributed by atoms with Crippen LogP contribution in [0.1, 0.15) is 15.9 Å². The zero-order chi connectivity index (χ0) is 13.0. The van der Waals surface area contributed by atoms with Crippen LogP contribution in [-0.4, -0.2) is 12.1 Å². The first kappa shape index (κ1) is 12.3. The second-order valence-corrected chi connectivity index (χ2v) is 4.13. The Morgan fingerprint density at radius 2 is 1.94 bits per heavy atom.